The summed E-state index contributed by atoms with van der Waals surface area (Å²) in [7, 11) is 0. The minimum absolute atomic E-state index is 0.392. The van der Waals surface area contributed by atoms with Crippen molar-refractivity contribution in [2.24, 2.45) is 5.92 Å². The van der Waals surface area contributed by atoms with Crippen molar-refractivity contribution in [2.75, 3.05) is 13.1 Å². The average Bonchev–Trinajstić information content (AvgIpc) is 2.30. The second kappa shape index (κ2) is 4.66. The third-order valence-electron chi connectivity index (χ3n) is 3.35. The van der Waals surface area contributed by atoms with Crippen LogP contribution in [0.4, 0.5) is 0 Å². The lowest BCUT2D eigenvalue weighted by molar-refractivity contribution is 0.0696. The van der Waals surface area contributed by atoms with E-state index >= 15 is 0 Å². The van der Waals surface area contributed by atoms with Gasteiger partial charge in [0, 0.05) is 0 Å². The molecule has 2 atom stereocenters. The lowest BCUT2D eigenvalue weighted by Gasteiger charge is -2.30. The molecule has 1 heterocycles. The van der Waals surface area contributed by atoms with Crippen LogP contribution in [0, 0.1) is 5.92 Å². The summed E-state index contributed by atoms with van der Waals surface area (Å²) in [5.74, 6) is 0.210. The van der Waals surface area contributed by atoms with Gasteiger partial charge in [-0.1, -0.05) is 19.1 Å². The lowest BCUT2D eigenvalue weighted by atomic mass is 9.82. The maximum absolute atomic E-state index is 10.9. The van der Waals surface area contributed by atoms with Gasteiger partial charge in [0.05, 0.1) is 5.56 Å². The van der Waals surface area contributed by atoms with Gasteiger partial charge in [-0.15, -0.1) is 0 Å². The summed E-state index contributed by atoms with van der Waals surface area (Å²) >= 11 is 0. The van der Waals surface area contributed by atoms with E-state index in [1.165, 1.54) is 0 Å². The van der Waals surface area contributed by atoms with Crippen LogP contribution in [-0.2, 0) is 0 Å². The van der Waals surface area contributed by atoms with E-state index in [9.17, 15) is 4.79 Å². The summed E-state index contributed by atoms with van der Waals surface area (Å²) in [6, 6.07) is 7.35. The minimum atomic E-state index is -0.844. The Hall–Kier alpha value is -1.35. The molecule has 1 aromatic rings. The zero-order valence-electron chi connectivity index (χ0n) is 9.44. The van der Waals surface area contributed by atoms with Crippen molar-refractivity contribution in [2.45, 2.75) is 19.3 Å². The highest BCUT2D eigenvalue weighted by molar-refractivity contribution is 5.87. The van der Waals surface area contributed by atoms with E-state index in [0.29, 0.717) is 17.4 Å². The molecule has 0 bridgehead atoms. The van der Waals surface area contributed by atoms with Crippen molar-refractivity contribution >= 4 is 5.97 Å². The molecule has 0 aliphatic carbocycles. The van der Waals surface area contributed by atoms with Crippen LogP contribution in [0.25, 0.3) is 0 Å². The lowest BCUT2D eigenvalue weighted by Crippen LogP contribution is -2.33. The maximum atomic E-state index is 10.9. The van der Waals surface area contributed by atoms with Gasteiger partial charge in [0.25, 0.3) is 0 Å². The fourth-order valence-corrected chi connectivity index (χ4v) is 2.41. The number of carboxylic acids is 1. The van der Waals surface area contributed by atoms with Crippen molar-refractivity contribution in [1.82, 2.24) is 5.32 Å². The summed E-state index contributed by atoms with van der Waals surface area (Å²) in [4.78, 5) is 10.9. The second-order valence-electron chi connectivity index (χ2n) is 4.51. The van der Waals surface area contributed by atoms with Crippen molar-refractivity contribution in [3.05, 3.63) is 35.4 Å². The molecular formula is C13H17NO2. The Labute approximate surface area is 95.5 Å². The van der Waals surface area contributed by atoms with Crippen LogP contribution in [0.5, 0.6) is 0 Å². The minimum Gasteiger partial charge on any atom is -0.478 e. The molecule has 3 nitrogen and oxygen atoms in total. The number of rotatable bonds is 2. The normalized spacial score (nSPS) is 25.3. The summed E-state index contributed by atoms with van der Waals surface area (Å²) in [5, 5.41) is 12.3. The molecule has 3 heteroatoms. The molecule has 2 rings (SSSR count). The van der Waals surface area contributed by atoms with Crippen molar-refractivity contribution in [3.8, 4) is 0 Å². The number of benzene rings is 1. The average molecular weight is 219 g/mol. The zero-order chi connectivity index (χ0) is 11.5. The Morgan fingerprint density at radius 1 is 1.50 bits per heavy atom. The van der Waals surface area contributed by atoms with Gasteiger partial charge in [-0.05, 0) is 49.0 Å². The summed E-state index contributed by atoms with van der Waals surface area (Å²) in [6.45, 7) is 4.25. The first-order chi connectivity index (χ1) is 7.68. The molecule has 0 spiro atoms. The van der Waals surface area contributed by atoms with Crippen LogP contribution in [0.1, 0.15) is 35.2 Å². The Kier molecular flexibility index (Phi) is 3.25. The van der Waals surface area contributed by atoms with Gasteiger partial charge in [-0.2, -0.15) is 0 Å². The maximum Gasteiger partial charge on any atom is 0.335 e. The van der Waals surface area contributed by atoms with Gasteiger partial charge in [0.15, 0.2) is 0 Å². The van der Waals surface area contributed by atoms with E-state index in [4.69, 9.17) is 5.11 Å². The Bertz CT molecular complexity index is 389. The summed E-state index contributed by atoms with van der Waals surface area (Å²) in [6.07, 6.45) is 1.09. The molecule has 1 aromatic carbocycles. The number of hydrogen-bond acceptors (Lipinski definition) is 2. The Morgan fingerprint density at radius 3 is 3.00 bits per heavy atom. The van der Waals surface area contributed by atoms with Crippen LogP contribution in [0.2, 0.25) is 0 Å². The van der Waals surface area contributed by atoms with Crippen LogP contribution in [-0.4, -0.2) is 24.2 Å². The van der Waals surface area contributed by atoms with Crippen LogP contribution in [0.3, 0.4) is 0 Å². The number of piperidine rings is 1. The van der Waals surface area contributed by atoms with E-state index in [2.05, 4.69) is 12.2 Å². The predicted octanol–water partition coefficient (Wildman–Crippen LogP) is 2.10. The quantitative estimate of drug-likeness (QED) is 0.800. The van der Waals surface area contributed by atoms with E-state index in [-0.39, 0.29) is 0 Å². The van der Waals surface area contributed by atoms with E-state index < -0.39 is 5.97 Å². The first kappa shape index (κ1) is 11.1. The van der Waals surface area contributed by atoms with Gasteiger partial charge in [-0.25, -0.2) is 4.79 Å². The number of carbonyl (C=O) groups is 1. The molecule has 1 fully saturated rings. The van der Waals surface area contributed by atoms with Crippen molar-refractivity contribution in [3.63, 3.8) is 0 Å². The molecule has 0 radical (unpaired) electrons. The third kappa shape index (κ3) is 2.25. The van der Waals surface area contributed by atoms with Crippen molar-refractivity contribution in [1.29, 1.82) is 0 Å². The van der Waals surface area contributed by atoms with Crippen LogP contribution < -0.4 is 5.32 Å². The highest BCUT2D eigenvalue weighted by Gasteiger charge is 2.23. The third-order valence-corrected chi connectivity index (χ3v) is 3.35. The smallest absolute Gasteiger partial charge is 0.335 e. The highest BCUT2D eigenvalue weighted by Crippen LogP contribution is 2.30. The van der Waals surface area contributed by atoms with Gasteiger partial charge >= 0.3 is 5.97 Å². The molecule has 86 valence electrons. The number of aromatic carboxylic acids is 1. The highest BCUT2D eigenvalue weighted by atomic mass is 16.4. The number of hydrogen-bond donors (Lipinski definition) is 2. The predicted molar refractivity (Wildman–Crippen MR) is 62.8 cm³/mol. The van der Waals surface area contributed by atoms with Gasteiger partial charge in [0.2, 0.25) is 0 Å². The Morgan fingerprint density at radius 2 is 2.31 bits per heavy atom. The molecule has 16 heavy (non-hydrogen) atoms. The first-order valence-corrected chi connectivity index (χ1v) is 5.72. The molecule has 0 saturated carbocycles. The molecule has 0 unspecified atom stereocenters. The van der Waals surface area contributed by atoms with Crippen LogP contribution >= 0.6 is 0 Å². The fourth-order valence-electron chi connectivity index (χ4n) is 2.41. The molecule has 1 saturated heterocycles. The monoisotopic (exact) mass is 219 g/mol. The molecule has 1 aliphatic rings. The van der Waals surface area contributed by atoms with E-state index in [1.54, 1.807) is 6.07 Å². The SMILES string of the molecule is C[C@@H]1CNCC[C@@H]1c1cccc(C(=O)O)c1. The molecule has 1 aliphatic heterocycles. The molecule has 2 N–H and O–H groups in total. The topological polar surface area (TPSA) is 49.3 Å². The number of carboxylic acid groups (broad SMARTS) is 1. The van der Waals surface area contributed by atoms with Gasteiger partial charge in [-0.3, -0.25) is 0 Å². The van der Waals surface area contributed by atoms with E-state index in [1.807, 2.05) is 18.2 Å². The van der Waals surface area contributed by atoms with Crippen LogP contribution in [0.15, 0.2) is 24.3 Å². The number of nitrogens with one attached hydrogen (secondary N) is 1. The Balaban J connectivity index is 2.25. The standard InChI is InChI=1S/C13H17NO2/c1-9-8-14-6-5-12(9)10-3-2-4-11(7-10)13(15)16/h2-4,7,9,12,14H,5-6,8H2,1H3,(H,15,16)/t9-,12+/m1/s1. The fraction of sp³-hybridized carbons (Fsp3) is 0.462. The van der Waals surface area contributed by atoms with Crippen molar-refractivity contribution < 1.29 is 9.90 Å². The largest absolute Gasteiger partial charge is 0.478 e. The molecular weight excluding hydrogens is 202 g/mol. The molecule has 0 amide bonds. The zero-order valence-corrected chi connectivity index (χ0v) is 9.44. The first-order valence-electron chi connectivity index (χ1n) is 5.72. The second-order valence-corrected chi connectivity index (χ2v) is 4.51. The molecule has 0 aromatic heterocycles. The summed E-state index contributed by atoms with van der Waals surface area (Å²) in [5.41, 5.74) is 1.55. The van der Waals surface area contributed by atoms with Gasteiger partial charge < -0.3 is 10.4 Å². The van der Waals surface area contributed by atoms with E-state index in [0.717, 1.165) is 25.1 Å². The summed E-state index contributed by atoms with van der Waals surface area (Å²) < 4.78 is 0. The van der Waals surface area contributed by atoms with Gasteiger partial charge in [0.1, 0.15) is 0 Å².